The highest BCUT2D eigenvalue weighted by Crippen LogP contribution is 2.18. The van der Waals surface area contributed by atoms with E-state index in [-0.39, 0.29) is 0 Å². The number of rotatable bonds is 3. The van der Waals surface area contributed by atoms with Crippen molar-refractivity contribution in [2.24, 2.45) is 0 Å². The second-order valence-corrected chi connectivity index (χ2v) is 5.77. The quantitative estimate of drug-likeness (QED) is 0.819. The molecule has 2 fully saturated rings. The van der Waals surface area contributed by atoms with E-state index >= 15 is 0 Å². The zero-order valence-electron chi connectivity index (χ0n) is 11.3. The van der Waals surface area contributed by atoms with Crippen molar-refractivity contribution in [1.82, 2.24) is 25.1 Å². The molecule has 0 amide bonds. The molecule has 1 aromatic rings. The number of likely N-dealkylation sites (tertiary alicyclic amines) is 1. The topological polar surface area (TPSA) is 44.3 Å². The third kappa shape index (κ3) is 3.23. The fourth-order valence-corrected chi connectivity index (χ4v) is 3.06. The Morgan fingerprint density at radius 2 is 2.05 bits per heavy atom. The van der Waals surface area contributed by atoms with Gasteiger partial charge in [-0.05, 0) is 13.0 Å². The van der Waals surface area contributed by atoms with Gasteiger partial charge in [0.1, 0.15) is 11.0 Å². The van der Waals surface area contributed by atoms with E-state index in [0.717, 1.165) is 44.2 Å². The van der Waals surface area contributed by atoms with Crippen LogP contribution in [0.15, 0.2) is 6.07 Å². The van der Waals surface area contributed by atoms with Gasteiger partial charge in [0.05, 0.1) is 6.54 Å². The standard InChI is InChI=1S/C13H20ClN5/c1-10-6-12(14)17-13(16-10)9-18-7-11(8-18)19-4-2-15-3-5-19/h6,11,15H,2-5,7-9H2,1H3. The lowest BCUT2D eigenvalue weighted by Crippen LogP contribution is -2.62. The van der Waals surface area contributed by atoms with Crippen LogP contribution in [0.3, 0.4) is 0 Å². The molecule has 0 atom stereocenters. The van der Waals surface area contributed by atoms with E-state index in [1.54, 1.807) is 6.07 Å². The Bertz CT molecular complexity index is 420. The van der Waals surface area contributed by atoms with Crippen LogP contribution >= 0.6 is 11.6 Å². The minimum absolute atomic E-state index is 0.543. The van der Waals surface area contributed by atoms with Crippen LogP contribution in [0.5, 0.6) is 0 Å². The van der Waals surface area contributed by atoms with Crippen molar-refractivity contribution in [3.63, 3.8) is 0 Å². The SMILES string of the molecule is Cc1cc(Cl)nc(CN2CC(N3CCNCC3)C2)n1. The Labute approximate surface area is 119 Å². The van der Waals surface area contributed by atoms with Gasteiger partial charge in [-0.3, -0.25) is 9.80 Å². The fraction of sp³-hybridized carbons (Fsp3) is 0.692. The summed E-state index contributed by atoms with van der Waals surface area (Å²) in [7, 11) is 0. The molecule has 0 radical (unpaired) electrons. The van der Waals surface area contributed by atoms with E-state index in [1.165, 1.54) is 13.1 Å². The molecule has 1 N–H and O–H groups in total. The lowest BCUT2D eigenvalue weighted by Gasteiger charge is -2.46. The van der Waals surface area contributed by atoms with E-state index in [4.69, 9.17) is 11.6 Å². The van der Waals surface area contributed by atoms with E-state index in [2.05, 4.69) is 25.1 Å². The molecule has 104 valence electrons. The summed E-state index contributed by atoms with van der Waals surface area (Å²) < 4.78 is 0. The van der Waals surface area contributed by atoms with Gasteiger partial charge in [-0.25, -0.2) is 9.97 Å². The van der Waals surface area contributed by atoms with E-state index in [0.29, 0.717) is 11.2 Å². The van der Waals surface area contributed by atoms with Crippen molar-refractivity contribution in [2.45, 2.75) is 19.5 Å². The largest absolute Gasteiger partial charge is 0.314 e. The van der Waals surface area contributed by atoms with Gasteiger partial charge in [0.25, 0.3) is 0 Å². The van der Waals surface area contributed by atoms with Crippen LogP contribution in [0.4, 0.5) is 0 Å². The Hall–Kier alpha value is -0.750. The van der Waals surface area contributed by atoms with Crippen LogP contribution in [0.2, 0.25) is 5.15 Å². The van der Waals surface area contributed by atoms with Gasteiger partial charge in [0, 0.05) is 51.0 Å². The van der Waals surface area contributed by atoms with Crippen molar-refractivity contribution in [1.29, 1.82) is 0 Å². The van der Waals surface area contributed by atoms with Gasteiger partial charge in [-0.1, -0.05) is 11.6 Å². The van der Waals surface area contributed by atoms with Gasteiger partial charge in [-0.2, -0.15) is 0 Å². The predicted octanol–water partition coefficient (Wildman–Crippen LogP) is 0.528. The van der Waals surface area contributed by atoms with Gasteiger partial charge in [-0.15, -0.1) is 0 Å². The van der Waals surface area contributed by atoms with E-state index in [9.17, 15) is 0 Å². The molecule has 19 heavy (non-hydrogen) atoms. The van der Waals surface area contributed by atoms with Crippen molar-refractivity contribution >= 4 is 11.6 Å². The smallest absolute Gasteiger partial charge is 0.144 e. The first-order chi connectivity index (χ1) is 9.20. The molecule has 2 saturated heterocycles. The summed E-state index contributed by atoms with van der Waals surface area (Å²) in [6.45, 7) is 9.58. The first kappa shape index (κ1) is 13.2. The van der Waals surface area contributed by atoms with Crippen LogP contribution in [0.25, 0.3) is 0 Å². The molecule has 2 aliphatic heterocycles. The third-order valence-electron chi connectivity index (χ3n) is 3.84. The monoisotopic (exact) mass is 281 g/mol. The van der Waals surface area contributed by atoms with E-state index in [1.807, 2.05) is 6.92 Å². The molecule has 0 aromatic carbocycles. The summed E-state index contributed by atoms with van der Waals surface area (Å²) in [4.78, 5) is 13.7. The Kier molecular flexibility index (Phi) is 3.98. The number of hydrogen-bond acceptors (Lipinski definition) is 5. The Balaban J connectivity index is 1.50. The lowest BCUT2D eigenvalue weighted by molar-refractivity contribution is 0.0208. The fourth-order valence-electron chi connectivity index (χ4n) is 2.81. The van der Waals surface area contributed by atoms with Crippen molar-refractivity contribution in [3.05, 3.63) is 22.7 Å². The highest BCUT2D eigenvalue weighted by atomic mass is 35.5. The van der Waals surface area contributed by atoms with Gasteiger partial charge in [0.2, 0.25) is 0 Å². The zero-order chi connectivity index (χ0) is 13.2. The summed E-state index contributed by atoms with van der Waals surface area (Å²) in [5.74, 6) is 0.837. The summed E-state index contributed by atoms with van der Waals surface area (Å²) >= 11 is 5.96. The Morgan fingerprint density at radius 1 is 1.32 bits per heavy atom. The molecule has 5 nitrogen and oxygen atoms in total. The molecular weight excluding hydrogens is 262 g/mol. The highest BCUT2D eigenvalue weighted by Gasteiger charge is 2.32. The number of piperazine rings is 1. The number of halogens is 1. The summed E-state index contributed by atoms with van der Waals surface area (Å²) in [5.41, 5.74) is 0.939. The molecule has 0 saturated carbocycles. The first-order valence-corrected chi connectivity index (χ1v) is 7.26. The molecule has 2 aliphatic rings. The molecule has 1 aromatic heterocycles. The van der Waals surface area contributed by atoms with Crippen LogP contribution in [-0.4, -0.2) is 65.1 Å². The second-order valence-electron chi connectivity index (χ2n) is 5.38. The first-order valence-electron chi connectivity index (χ1n) is 6.88. The summed E-state index contributed by atoms with van der Waals surface area (Å²) in [5, 5.41) is 3.93. The second kappa shape index (κ2) is 5.71. The van der Waals surface area contributed by atoms with Crippen molar-refractivity contribution in [3.8, 4) is 0 Å². The van der Waals surface area contributed by atoms with E-state index < -0.39 is 0 Å². The highest BCUT2D eigenvalue weighted by molar-refractivity contribution is 6.29. The molecule has 3 heterocycles. The maximum atomic E-state index is 5.96. The molecular formula is C13H20ClN5. The third-order valence-corrected chi connectivity index (χ3v) is 4.03. The maximum Gasteiger partial charge on any atom is 0.144 e. The van der Waals surface area contributed by atoms with Crippen LogP contribution < -0.4 is 5.32 Å². The average molecular weight is 282 g/mol. The zero-order valence-corrected chi connectivity index (χ0v) is 12.0. The summed E-state index contributed by atoms with van der Waals surface area (Å²) in [6.07, 6.45) is 0. The number of aromatic nitrogens is 2. The number of nitrogens with zero attached hydrogens (tertiary/aromatic N) is 4. The molecule has 0 unspecified atom stereocenters. The van der Waals surface area contributed by atoms with Crippen LogP contribution in [-0.2, 0) is 6.54 Å². The predicted molar refractivity (Wildman–Crippen MR) is 75.3 cm³/mol. The van der Waals surface area contributed by atoms with Crippen LogP contribution in [0.1, 0.15) is 11.5 Å². The molecule has 3 rings (SSSR count). The number of aryl methyl sites for hydroxylation is 1. The molecule has 0 bridgehead atoms. The number of nitrogens with one attached hydrogen (secondary N) is 1. The maximum absolute atomic E-state index is 5.96. The summed E-state index contributed by atoms with van der Waals surface area (Å²) in [6, 6.07) is 2.51. The van der Waals surface area contributed by atoms with Gasteiger partial charge in [0.15, 0.2) is 0 Å². The number of hydrogen-bond donors (Lipinski definition) is 1. The molecule has 0 spiro atoms. The van der Waals surface area contributed by atoms with Gasteiger partial charge < -0.3 is 5.32 Å². The average Bonchev–Trinajstić information content (AvgIpc) is 2.33. The van der Waals surface area contributed by atoms with Crippen LogP contribution in [0, 0.1) is 6.92 Å². The Morgan fingerprint density at radius 3 is 2.74 bits per heavy atom. The molecule has 6 heteroatoms. The lowest BCUT2D eigenvalue weighted by atomic mass is 10.1. The normalized spacial score (nSPS) is 22.4. The minimum Gasteiger partial charge on any atom is -0.314 e. The van der Waals surface area contributed by atoms with Gasteiger partial charge >= 0.3 is 0 Å². The minimum atomic E-state index is 0.543. The van der Waals surface area contributed by atoms with Crippen molar-refractivity contribution < 1.29 is 0 Å². The van der Waals surface area contributed by atoms with Crippen molar-refractivity contribution in [2.75, 3.05) is 39.3 Å². The molecule has 0 aliphatic carbocycles.